The number of nitrogens with zero attached hydrogens (tertiary/aromatic N) is 2. The van der Waals surface area contributed by atoms with Crippen molar-refractivity contribution in [1.82, 2.24) is 19.5 Å². The van der Waals surface area contributed by atoms with Gasteiger partial charge in [-0.1, -0.05) is 11.6 Å². The van der Waals surface area contributed by atoms with Gasteiger partial charge < -0.3 is 15.4 Å². The quantitative estimate of drug-likeness (QED) is 0.220. The number of aromatic amines is 2. The molecule has 2 heterocycles. The van der Waals surface area contributed by atoms with Crippen molar-refractivity contribution in [3.8, 4) is 5.75 Å². The number of hydrogen-bond donors (Lipinski definition) is 4. The van der Waals surface area contributed by atoms with Crippen LogP contribution in [0.15, 0.2) is 64.3 Å². The van der Waals surface area contributed by atoms with Crippen LogP contribution in [0.4, 0.5) is 11.5 Å². The van der Waals surface area contributed by atoms with Crippen LogP contribution in [-0.2, 0) is 14.8 Å². The van der Waals surface area contributed by atoms with Gasteiger partial charge in [-0.05, 0) is 55.5 Å². The molecule has 4 rings (SSSR count). The summed E-state index contributed by atoms with van der Waals surface area (Å²) in [5, 5.41) is 12.1. The molecule has 0 radical (unpaired) electrons. The van der Waals surface area contributed by atoms with Crippen LogP contribution in [0.3, 0.4) is 0 Å². The van der Waals surface area contributed by atoms with Crippen molar-refractivity contribution in [2.45, 2.75) is 18.2 Å². The van der Waals surface area contributed by atoms with Gasteiger partial charge in [0.2, 0.25) is 15.9 Å². The molecule has 0 saturated heterocycles. The highest BCUT2D eigenvalue weighted by atomic mass is 35.5. The van der Waals surface area contributed by atoms with Gasteiger partial charge in [0.15, 0.2) is 0 Å². The summed E-state index contributed by atoms with van der Waals surface area (Å²) in [7, 11) is -2.45. The van der Waals surface area contributed by atoms with Crippen molar-refractivity contribution >= 4 is 49.9 Å². The number of nitrogens with one attached hydrogen (secondary N) is 4. The fourth-order valence-electron chi connectivity index (χ4n) is 3.88. The van der Waals surface area contributed by atoms with Gasteiger partial charge in [-0.2, -0.15) is 4.31 Å². The van der Waals surface area contributed by atoms with Crippen molar-refractivity contribution in [2.24, 2.45) is 0 Å². The van der Waals surface area contributed by atoms with Gasteiger partial charge in [0, 0.05) is 53.9 Å². The number of hydrogen-bond acceptors (Lipinski definition) is 7. The first-order valence-corrected chi connectivity index (χ1v) is 13.5. The third-order valence-electron chi connectivity index (χ3n) is 5.73. The molecular formula is C25H27ClN6O5S. The molecule has 2 aromatic carbocycles. The van der Waals surface area contributed by atoms with Crippen LogP contribution in [0.25, 0.3) is 10.9 Å². The fourth-order valence-corrected chi connectivity index (χ4v) is 5.49. The SMILES string of the molecule is COc1ccc(S(=O)(=O)N(CCNc2cc(C)nc3ccc(Cl)cc23)CCC(=O)Nc2cc(=O)[nH][nH]2)cc1. The predicted octanol–water partition coefficient (Wildman–Crippen LogP) is 3.35. The minimum absolute atomic E-state index is 0.0747. The molecule has 0 unspecified atom stereocenters. The van der Waals surface area contributed by atoms with Crippen LogP contribution in [0, 0.1) is 6.92 Å². The molecule has 200 valence electrons. The molecule has 0 aliphatic rings. The molecular weight excluding hydrogens is 532 g/mol. The molecule has 4 aromatic rings. The summed E-state index contributed by atoms with van der Waals surface area (Å²) >= 11 is 6.18. The molecule has 11 nitrogen and oxygen atoms in total. The summed E-state index contributed by atoms with van der Waals surface area (Å²) < 4.78 is 33.4. The third kappa shape index (κ3) is 6.52. The minimum atomic E-state index is -3.94. The second-order valence-corrected chi connectivity index (χ2v) is 10.8. The van der Waals surface area contributed by atoms with E-state index in [1.807, 2.05) is 19.1 Å². The average Bonchev–Trinajstić information content (AvgIpc) is 3.30. The number of halogens is 1. The summed E-state index contributed by atoms with van der Waals surface area (Å²) in [6.07, 6.45) is -0.129. The third-order valence-corrected chi connectivity index (χ3v) is 7.88. The number of aromatic nitrogens is 3. The molecule has 0 spiro atoms. The van der Waals surface area contributed by atoms with Crippen molar-refractivity contribution in [3.63, 3.8) is 0 Å². The van der Waals surface area contributed by atoms with E-state index in [4.69, 9.17) is 16.3 Å². The van der Waals surface area contributed by atoms with Crippen LogP contribution < -0.4 is 20.9 Å². The van der Waals surface area contributed by atoms with Gasteiger partial charge >= 0.3 is 0 Å². The lowest BCUT2D eigenvalue weighted by atomic mass is 10.1. The minimum Gasteiger partial charge on any atom is -0.497 e. The zero-order valence-electron chi connectivity index (χ0n) is 20.7. The average molecular weight is 559 g/mol. The van der Waals surface area contributed by atoms with E-state index in [1.54, 1.807) is 24.3 Å². The van der Waals surface area contributed by atoms with E-state index in [0.29, 0.717) is 10.8 Å². The Hall–Kier alpha value is -3.87. The molecule has 13 heteroatoms. The van der Waals surface area contributed by atoms with Crippen LogP contribution >= 0.6 is 11.6 Å². The maximum Gasteiger partial charge on any atom is 0.266 e. The Morgan fingerprint density at radius 1 is 1.08 bits per heavy atom. The maximum atomic E-state index is 13.5. The number of fused-ring (bicyclic) bond motifs is 1. The summed E-state index contributed by atoms with van der Waals surface area (Å²) in [5.74, 6) is 0.272. The summed E-state index contributed by atoms with van der Waals surface area (Å²) in [6.45, 7) is 2.12. The number of carbonyl (C=O) groups is 1. The van der Waals surface area contributed by atoms with Crippen LogP contribution in [0.5, 0.6) is 5.75 Å². The molecule has 38 heavy (non-hydrogen) atoms. The van der Waals surface area contributed by atoms with E-state index in [0.717, 1.165) is 22.3 Å². The lowest BCUT2D eigenvalue weighted by Crippen LogP contribution is -2.37. The number of methoxy groups -OCH3 is 1. The summed E-state index contributed by atoms with van der Waals surface area (Å²) in [4.78, 5) is 28.3. The van der Waals surface area contributed by atoms with Crippen molar-refractivity contribution < 1.29 is 17.9 Å². The van der Waals surface area contributed by atoms with E-state index >= 15 is 0 Å². The highest BCUT2D eigenvalue weighted by Gasteiger charge is 2.25. The topological polar surface area (TPSA) is 149 Å². The number of carbonyl (C=O) groups excluding carboxylic acids is 1. The Morgan fingerprint density at radius 3 is 2.53 bits per heavy atom. The number of H-pyrrole nitrogens is 2. The van der Waals surface area contributed by atoms with Gasteiger partial charge in [-0.15, -0.1) is 0 Å². The first kappa shape index (κ1) is 27.2. The number of sulfonamides is 1. The molecule has 1 amide bonds. The van der Waals surface area contributed by atoms with Gasteiger partial charge in [0.1, 0.15) is 11.6 Å². The zero-order valence-corrected chi connectivity index (χ0v) is 22.3. The van der Waals surface area contributed by atoms with E-state index in [2.05, 4.69) is 25.8 Å². The number of pyridine rings is 1. The lowest BCUT2D eigenvalue weighted by molar-refractivity contribution is -0.116. The Balaban J connectivity index is 1.52. The van der Waals surface area contributed by atoms with Crippen molar-refractivity contribution in [3.05, 3.63) is 75.7 Å². The first-order chi connectivity index (χ1) is 18.2. The number of rotatable bonds is 11. The smallest absolute Gasteiger partial charge is 0.266 e. The Labute approximate surface area is 224 Å². The Bertz CT molecular complexity index is 1600. The molecule has 0 atom stereocenters. The second kappa shape index (κ2) is 11.7. The van der Waals surface area contributed by atoms with Gasteiger partial charge in [0.25, 0.3) is 5.56 Å². The second-order valence-electron chi connectivity index (χ2n) is 8.45. The fraction of sp³-hybridized carbons (Fsp3) is 0.240. The van der Waals surface area contributed by atoms with Crippen molar-refractivity contribution in [2.75, 3.05) is 37.4 Å². The van der Waals surface area contributed by atoms with E-state index < -0.39 is 21.5 Å². The summed E-state index contributed by atoms with van der Waals surface area (Å²) in [6, 6.07) is 14.5. The first-order valence-electron chi connectivity index (χ1n) is 11.7. The molecule has 0 aliphatic heterocycles. The zero-order chi connectivity index (χ0) is 27.3. The maximum absolute atomic E-state index is 13.5. The van der Waals surface area contributed by atoms with Gasteiger partial charge in [-0.25, -0.2) is 8.42 Å². The Morgan fingerprint density at radius 2 is 1.84 bits per heavy atom. The van der Waals surface area contributed by atoms with E-state index in [1.165, 1.54) is 29.6 Å². The number of anilines is 2. The molecule has 0 aliphatic carbocycles. The molecule has 0 bridgehead atoms. The molecule has 4 N–H and O–H groups in total. The van der Waals surface area contributed by atoms with Gasteiger partial charge in [0.05, 0.1) is 17.5 Å². The number of aryl methyl sites for hydroxylation is 1. The number of benzene rings is 2. The van der Waals surface area contributed by atoms with Crippen LogP contribution in [0.1, 0.15) is 12.1 Å². The normalized spacial score (nSPS) is 11.6. The Kier molecular flexibility index (Phi) is 8.35. The van der Waals surface area contributed by atoms with Crippen LogP contribution in [-0.4, -0.2) is 60.6 Å². The van der Waals surface area contributed by atoms with Crippen molar-refractivity contribution in [1.29, 1.82) is 0 Å². The lowest BCUT2D eigenvalue weighted by Gasteiger charge is -2.23. The van der Waals surface area contributed by atoms with E-state index in [9.17, 15) is 18.0 Å². The standard InChI is InChI=1S/C25H27ClN6O5S/c1-16-13-22(20-14-17(26)3-8-21(20)28-16)27-10-12-32(11-9-24(33)29-23-15-25(34)31-30-23)38(35,36)19-6-4-18(37-2)5-7-19/h3-8,13-15H,9-12H2,1-2H3,(H,27,28)(H3,29,30,31,33,34). The largest absolute Gasteiger partial charge is 0.497 e. The predicted molar refractivity (Wildman–Crippen MR) is 146 cm³/mol. The number of ether oxygens (including phenoxy) is 1. The molecule has 0 saturated carbocycles. The number of amides is 1. The molecule has 2 aromatic heterocycles. The van der Waals surface area contributed by atoms with Gasteiger partial charge in [-0.3, -0.25) is 24.8 Å². The van der Waals surface area contributed by atoms with E-state index in [-0.39, 0.29) is 36.8 Å². The monoisotopic (exact) mass is 558 g/mol. The van der Waals surface area contributed by atoms with Crippen LogP contribution in [0.2, 0.25) is 5.02 Å². The highest BCUT2D eigenvalue weighted by Crippen LogP contribution is 2.26. The highest BCUT2D eigenvalue weighted by molar-refractivity contribution is 7.89. The summed E-state index contributed by atoms with van der Waals surface area (Å²) in [5.41, 5.74) is 1.93. The molecule has 0 fully saturated rings.